The Kier molecular flexibility index (Phi) is 38.2. The Morgan fingerprint density at radius 2 is 0.964 bits per heavy atom. The molecule has 0 radical (unpaired) electrons. The van der Waals surface area contributed by atoms with E-state index in [1.54, 1.807) is 0 Å². The van der Waals surface area contributed by atoms with Gasteiger partial charge < -0.3 is 19.1 Å². The molecule has 0 aromatic heterocycles. The Morgan fingerprint density at radius 1 is 0.545 bits per heavy atom. The lowest BCUT2D eigenvalue weighted by Gasteiger charge is -2.21. The average molecular weight is 772 g/mol. The largest absolute Gasteiger partial charge is 0.508 e. The van der Waals surface area contributed by atoms with Crippen LogP contribution in [0.4, 0.5) is 4.79 Å². The minimum atomic E-state index is -0.549. The summed E-state index contributed by atoms with van der Waals surface area (Å²) in [5.41, 5.74) is -0.458. The lowest BCUT2D eigenvalue weighted by Crippen LogP contribution is -2.28. The average Bonchev–Trinajstić information content (AvgIpc) is 3.13. The Bertz CT molecular complexity index is 930. The highest BCUT2D eigenvalue weighted by Crippen LogP contribution is 2.18. The number of carbonyl (C=O) groups excluding carboxylic acids is 2. The van der Waals surface area contributed by atoms with E-state index >= 15 is 0 Å². The normalized spacial score (nSPS) is 12.4. The SMILES string of the molecule is CCCCC/C=C\C/C=C\CCCCCCCCC(CCCCCCCC/C=C\C/C=C\CCCCC)OC(=O)OCCN(C)CCCC(=O)OC(C)(C)C. The van der Waals surface area contributed by atoms with E-state index in [1.165, 1.54) is 128 Å². The van der Waals surface area contributed by atoms with Gasteiger partial charge in [-0.1, -0.05) is 140 Å². The molecular weight excluding hydrogens is 683 g/mol. The first-order chi connectivity index (χ1) is 26.7. The molecule has 0 heterocycles. The summed E-state index contributed by atoms with van der Waals surface area (Å²) in [6.07, 6.45) is 50.3. The third-order valence-corrected chi connectivity index (χ3v) is 9.75. The van der Waals surface area contributed by atoms with E-state index in [0.717, 1.165) is 45.1 Å². The van der Waals surface area contributed by atoms with Crippen LogP contribution < -0.4 is 0 Å². The fourth-order valence-electron chi connectivity index (χ4n) is 6.44. The van der Waals surface area contributed by atoms with Crippen LogP contribution in [0.3, 0.4) is 0 Å². The van der Waals surface area contributed by atoms with Crippen molar-refractivity contribution in [2.45, 2.75) is 226 Å². The molecule has 0 aromatic rings. The van der Waals surface area contributed by atoms with Gasteiger partial charge in [-0.2, -0.15) is 0 Å². The molecule has 55 heavy (non-hydrogen) atoms. The lowest BCUT2D eigenvalue weighted by molar-refractivity contribution is -0.154. The van der Waals surface area contributed by atoms with Gasteiger partial charge in [0.1, 0.15) is 18.3 Å². The Morgan fingerprint density at radius 3 is 1.40 bits per heavy atom. The van der Waals surface area contributed by atoms with Crippen LogP contribution in [0.15, 0.2) is 48.6 Å². The predicted octanol–water partition coefficient (Wildman–Crippen LogP) is 15.0. The molecule has 0 saturated carbocycles. The maximum absolute atomic E-state index is 12.7. The summed E-state index contributed by atoms with van der Waals surface area (Å²) >= 11 is 0. The summed E-state index contributed by atoms with van der Waals surface area (Å²) in [7, 11) is 1.98. The molecule has 0 saturated heterocycles. The zero-order valence-electron chi connectivity index (χ0n) is 37.1. The van der Waals surface area contributed by atoms with Crippen LogP contribution in [0.1, 0.15) is 214 Å². The van der Waals surface area contributed by atoms with Gasteiger partial charge in [0.05, 0.1) is 0 Å². The molecule has 0 N–H and O–H groups in total. The molecule has 0 aromatic carbocycles. The highest BCUT2D eigenvalue weighted by atomic mass is 16.7. The van der Waals surface area contributed by atoms with Crippen molar-refractivity contribution in [3.05, 3.63) is 48.6 Å². The van der Waals surface area contributed by atoms with Gasteiger partial charge in [-0.25, -0.2) is 4.79 Å². The van der Waals surface area contributed by atoms with Crippen molar-refractivity contribution >= 4 is 12.1 Å². The number of carbonyl (C=O) groups is 2. The van der Waals surface area contributed by atoms with Crippen molar-refractivity contribution < 1.29 is 23.8 Å². The van der Waals surface area contributed by atoms with Crippen molar-refractivity contribution in [1.82, 2.24) is 4.90 Å². The summed E-state index contributed by atoms with van der Waals surface area (Å²) in [5, 5.41) is 0. The Hall–Kier alpha value is -2.34. The van der Waals surface area contributed by atoms with E-state index in [4.69, 9.17) is 14.2 Å². The van der Waals surface area contributed by atoms with E-state index in [1.807, 2.05) is 27.8 Å². The second kappa shape index (κ2) is 39.9. The Labute approximate surface area is 341 Å². The molecule has 0 unspecified atom stereocenters. The van der Waals surface area contributed by atoms with Crippen LogP contribution in [-0.4, -0.2) is 55.5 Å². The summed E-state index contributed by atoms with van der Waals surface area (Å²) in [4.78, 5) is 26.7. The molecule has 0 aliphatic rings. The number of likely N-dealkylation sites (N-methyl/N-ethyl adjacent to an activating group) is 1. The first-order valence-electron chi connectivity index (χ1n) is 23.0. The van der Waals surface area contributed by atoms with Crippen molar-refractivity contribution in [2.75, 3.05) is 26.7 Å². The first-order valence-corrected chi connectivity index (χ1v) is 23.0. The number of unbranched alkanes of at least 4 members (excludes halogenated alkanes) is 18. The molecule has 0 fully saturated rings. The monoisotopic (exact) mass is 772 g/mol. The zero-order chi connectivity index (χ0) is 40.5. The molecule has 0 spiro atoms. The third kappa shape index (κ3) is 42.6. The first kappa shape index (κ1) is 52.7. The molecule has 0 rings (SSSR count). The summed E-state index contributed by atoms with van der Waals surface area (Å²) in [5.74, 6) is -0.175. The summed E-state index contributed by atoms with van der Waals surface area (Å²) in [6, 6.07) is 0. The van der Waals surface area contributed by atoms with Crippen LogP contribution >= 0.6 is 0 Å². The van der Waals surface area contributed by atoms with Crippen LogP contribution in [0.5, 0.6) is 0 Å². The smallest absolute Gasteiger partial charge is 0.460 e. The highest BCUT2D eigenvalue weighted by molar-refractivity contribution is 5.69. The van der Waals surface area contributed by atoms with Gasteiger partial charge in [0, 0.05) is 13.0 Å². The number of rotatable bonds is 38. The van der Waals surface area contributed by atoms with Gasteiger partial charge in [-0.05, 0) is 131 Å². The van der Waals surface area contributed by atoms with E-state index in [2.05, 4.69) is 67.4 Å². The molecule has 6 heteroatoms. The second-order valence-electron chi connectivity index (χ2n) is 16.6. The van der Waals surface area contributed by atoms with E-state index in [-0.39, 0.29) is 18.7 Å². The van der Waals surface area contributed by atoms with Gasteiger partial charge in [0.25, 0.3) is 0 Å². The minimum Gasteiger partial charge on any atom is -0.460 e. The number of esters is 1. The van der Waals surface area contributed by atoms with E-state index in [9.17, 15) is 9.59 Å². The van der Waals surface area contributed by atoms with E-state index in [0.29, 0.717) is 19.4 Å². The third-order valence-electron chi connectivity index (χ3n) is 9.75. The molecule has 0 aliphatic heterocycles. The number of ether oxygens (including phenoxy) is 3. The number of allylic oxidation sites excluding steroid dienone is 8. The van der Waals surface area contributed by atoms with Crippen molar-refractivity contribution in [1.29, 1.82) is 0 Å². The lowest BCUT2D eigenvalue weighted by atomic mass is 10.0. The predicted molar refractivity (Wildman–Crippen MR) is 237 cm³/mol. The standard InChI is InChI=1S/C49H89NO5/c1-7-9-11-13-15-17-19-21-23-25-27-29-31-33-35-37-40-46(41-38-36-34-32-30-28-26-24-22-20-18-16-14-12-10-8-2)54-48(52)53-45-44-50(6)43-39-42-47(51)55-49(3,4)5/h15-18,21-24,46H,7-14,19-20,25-45H2,1-6H3/b17-15-,18-16-,23-21-,24-22-. The topological polar surface area (TPSA) is 65.1 Å². The van der Waals surface area contributed by atoms with Gasteiger partial charge in [0.15, 0.2) is 0 Å². The summed E-state index contributed by atoms with van der Waals surface area (Å²) in [6.45, 7) is 11.8. The van der Waals surface area contributed by atoms with E-state index < -0.39 is 11.8 Å². The molecule has 0 aliphatic carbocycles. The van der Waals surface area contributed by atoms with Gasteiger partial charge in [-0.3, -0.25) is 4.79 Å². The molecule has 0 atom stereocenters. The molecule has 320 valence electrons. The summed E-state index contributed by atoms with van der Waals surface area (Å²) < 4.78 is 16.8. The maximum Gasteiger partial charge on any atom is 0.508 e. The van der Waals surface area contributed by atoms with Crippen molar-refractivity contribution in [3.8, 4) is 0 Å². The van der Waals surface area contributed by atoms with Gasteiger partial charge >= 0.3 is 12.1 Å². The zero-order valence-corrected chi connectivity index (χ0v) is 37.1. The fourth-order valence-corrected chi connectivity index (χ4v) is 6.44. The minimum absolute atomic E-state index is 0.0734. The molecule has 0 amide bonds. The number of hydrogen-bond donors (Lipinski definition) is 0. The molecule has 6 nitrogen and oxygen atoms in total. The number of nitrogens with zero attached hydrogens (tertiary/aromatic N) is 1. The quantitative estimate of drug-likeness (QED) is 0.0354. The van der Waals surface area contributed by atoms with Crippen molar-refractivity contribution in [2.24, 2.45) is 0 Å². The van der Waals surface area contributed by atoms with Crippen LogP contribution in [0, 0.1) is 0 Å². The fraction of sp³-hybridized carbons (Fsp3) is 0.796. The highest BCUT2D eigenvalue weighted by Gasteiger charge is 2.17. The van der Waals surface area contributed by atoms with Crippen LogP contribution in [0.25, 0.3) is 0 Å². The van der Waals surface area contributed by atoms with Crippen molar-refractivity contribution in [3.63, 3.8) is 0 Å². The second-order valence-corrected chi connectivity index (χ2v) is 16.6. The van der Waals surface area contributed by atoms with Gasteiger partial charge in [-0.15, -0.1) is 0 Å². The van der Waals surface area contributed by atoms with Crippen LogP contribution in [0.2, 0.25) is 0 Å². The van der Waals surface area contributed by atoms with Crippen LogP contribution in [-0.2, 0) is 19.0 Å². The number of hydrogen-bond acceptors (Lipinski definition) is 6. The molecular formula is C49H89NO5. The maximum atomic E-state index is 12.7. The Balaban J connectivity index is 4.37. The molecule has 0 bridgehead atoms. The van der Waals surface area contributed by atoms with Gasteiger partial charge in [0.2, 0.25) is 0 Å².